The van der Waals surface area contributed by atoms with Gasteiger partial charge in [0, 0.05) is 4.47 Å². The number of benzene rings is 2. The monoisotopic (exact) mass is 365 g/mol. The quantitative estimate of drug-likeness (QED) is 0.858. The minimum atomic E-state index is -0.731. The van der Waals surface area contributed by atoms with Crippen LogP contribution in [-0.4, -0.2) is 12.0 Å². The van der Waals surface area contributed by atoms with Crippen molar-refractivity contribution in [3.8, 4) is 5.75 Å². The SMILES string of the molecule is Cc1ccc(O[C@H](C)C(=O)Nc2ccc(Br)cc2F)cc1C. The highest BCUT2D eigenvalue weighted by atomic mass is 79.9. The maximum atomic E-state index is 13.7. The molecule has 22 heavy (non-hydrogen) atoms. The van der Waals surface area contributed by atoms with Gasteiger partial charge in [0.2, 0.25) is 0 Å². The molecule has 1 amide bonds. The maximum Gasteiger partial charge on any atom is 0.265 e. The number of ether oxygens (including phenoxy) is 1. The average molecular weight is 366 g/mol. The van der Waals surface area contributed by atoms with Crippen molar-refractivity contribution >= 4 is 27.5 Å². The lowest BCUT2D eigenvalue weighted by Crippen LogP contribution is -2.30. The van der Waals surface area contributed by atoms with Crippen LogP contribution in [-0.2, 0) is 4.79 Å². The smallest absolute Gasteiger partial charge is 0.265 e. The summed E-state index contributed by atoms with van der Waals surface area (Å²) >= 11 is 3.17. The van der Waals surface area contributed by atoms with Crippen molar-refractivity contribution in [1.29, 1.82) is 0 Å². The molecule has 3 nitrogen and oxygen atoms in total. The van der Waals surface area contributed by atoms with Gasteiger partial charge in [-0.2, -0.15) is 0 Å². The second-order valence-corrected chi connectivity index (χ2v) is 6.04. The van der Waals surface area contributed by atoms with Crippen LogP contribution in [0.4, 0.5) is 10.1 Å². The van der Waals surface area contributed by atoms with Crippen molar-refractivity contribution in [2.75, 3.05) is 5.32 Å². The van der Waals surface area contributed by atoms with Gasteiger partial charge in [-0.25, -0.2) is 4.39 Å². The fourth-order valence-corrected chi connectivity index (χ4v) is 2.20. The predicted molar refractivity (Wildman–Crippen MR) is 88.7 cm³/mol. The van der Waals surface area contributed by atoms with E-state index in [2.05, 4.69) is 21.2 Å². The van der Waals surface area contributed by atoms with Crippen LogP contribution in [0.1, 0.15) is 18.1 Å². The van der Waals surface area contributed by atoms with Crippen molar-refractivity contribution in [1.82, 2.24) is 0 Å². The van der Waals surface area contributed by atoms with E-state index in [1.165, 1.54) is 12.1 Å². The first-order chi connectivity index (χ1) is 10.4. The van der Waals surface area contributed by atoms with E-state index >= 15 is 0 Å². The zero-order chi connectivity index (χ0) is 16.3. The van der Waals surface area contributed by atoms with Crippen LogP contribution in [0.15, 0.2) is 40.9 Å². The van der Waals surface area contributed by atoms with E-state index in [1.807, 2.05) is 32.0 Å². The number of anilines is 1. The molecule has 0 aliphatic rings. The summed E-state index contributed by atoms with van der Waals surface area (Å²) in [5, 5.41) is 2.52. The Morgan fingerprint density at radius 2 is 1.91 bits per heavy atom. The number of rotatable bonds is 4. The molecule has 0 saturated heterocycles. The molecule has 2 aromatic carbocycles. The van der Waals surface area contributed by atoms with Gasteiger partial charge in [-0.1, -0.05) is 22.0 Å². The number of halogens is 2. The average Bonchev–Trinajstić information content (AvgIpc) is 2.45. The van der Waals surface area contributed by atoms with E-state index in [9.17, 15) is 9.18 Å². The first kappa shape index (κ1) is 16.5. The van der Waals surface area contributed by atoms with Gasteiger partial charge in [-0.05, 0) is 62.2 Å². The molecule has 0 heterocycles. The molecule has 0 aliphatic carbocycles. The molecule has 1 atom stereocenters. The first-order valence-electron chi connectivity index (χ1n) is 6.86. The Kier molecular flexibility index (Phi) is 5.19. The van der Waals surface area contributed by atoms with Gasteiger partial charge in [-0.15, -0.1) is 0 Å². The molecule has 0 spiro atoms. The van der Waals surface area contributed by atoms with Crippen LogP contribution in [0.25, 0.3) is 0 Å². The molecule has 0 bridgehead atoms. The van der Waals surface area contributed by atoms with Gasteiger partial charge < -0.3 is 10.1 Å². The molecular weight excluding hydrogens is 349 g/mol. The molecule has 0 saturated carbocycles. The van der Waals surface area contributed by atoms with Crippen molar-refractivity contribution in [2.24, 2.45) is 0 Å². The fourth-order valence-electron chi connectivity index (χ4n) is 1.87. The van der Waals surface area contributed by atoms with E-state index in [4.69, 9.17) is 4.74 Å². The number of hydrogen-bond donors (Lipinski definition) is 1. The summed E-state index contributed by atoms with van der Waals surface area (Å²) in [4.78, 5) is 12.1. The van der Waals surface area contributed by atoms with Crippen molar-refractivity contribution < 1.29 is 13.9 Å². The van der Waals surface area contributed by atoms with Gasteiger partial charge in [0.1, 0.15) is 11.6 Å². The number of aryl methyl sites for hydroxylation is 2. The number of nitrogens with one attached hydrogen (secondary N) is 1. The first-order valence-corrected chi connectivity index (χ1v) is 7.66. The lowest BCUT2D eigenvalue weighted by atomic mass is 10.1. The molecule has 116 valence electrons. The Morgan fingerprint density at radius 1 is 1.18 bits per heavy atom. The highest BCUT2D eigenvalue weighted by Crippen LogP contribution is 2.21. The van der Waals surface area contributed by atoms with Gasteiger partial charge in [-0.3, -0.25) is 4.79 Å². The third-order valence-electron chi connectivity index (χ3n) is 3.35. The number of carbonyl (C=O) groups is 1. The highest BCUT2D eigenvalue weighted by Gasteiger charge is 2.16. The molecule has 0 aliphatic heterocycles. The second kappa shape index (κ2) is 6.92. The Morgan fingerprint density at radius 3 is 2.55 bits per heavy atom. The summed E-state index contributed by atoms with van der Waals surface area (Å²) < 4.78 is 19.9. The molecule has 0 radical (unpaired) electrons. The maximum absolute atomic E-state index is 13.7. The molecule has 2 rings (SSSR count). The molecule has 0 fully saturated rings. The van der Waals surface area contributed by atoms with Crippen LogP contribution in [0.2, 0.25) is 0 Å². The van der Waals surface area contributed by atoms with Gasteiger partial charge in [0.15, 0.2) is 6.10 Å². The van der Waals surface area contributed by atoms with E-state index in [1.54, 1.807) is 13.0 Å². The summed E-state index contributed by atoms with van der Waals surface area (Å²) in [7, 11) is 0. The number of carbonyl (C=O) groups excluding carboxylic acids is 1. The van der Waals surface area contributed by atoms with Gasteiger partial charge in [0.05, 0.1) is 5.69 Å². The van der Waals surface area contributed by atoms with Crippen LogP contribution in [0.3, 0.4) is 0 Å². The lowest BCUT2D eigenvalue weighted by Gasteiger charge is -2.16. The highest BCUT2D eigenvalue weighted by molar-refractivity contribution is 9.10. The van der Waals surface area contributed by atoms with E-state index in [0.29, 0.717) is 10.2 Å². The van der Waals surface area contributed by atoms with Crippen molar-refractivity contribution in [3.05, 3.63) is 57.8 Å². The van der Waals surface area contributed by atoms with E-state index in [-0.39, 0.29) is 5.69 Å². The van der Waals surface area contributed by atoms with Crippen molar-refractivity contribution in [2.45, 2.75) is 26.9 Å². The second-order valence-electron chi connectivity index (χ2n) is 5.12. The normalized spacial score (nSPS) is 11.9. The largest absolute Gasteiger partial charge is 0.481 e. The Balaban J connectivity index is 2.04. The fraction of sp³-hybridized carbons (Fsp3) is 0.235. The minimum Gasteiger partial charge on any atom is -0.481 e. The summed E-state index contributed by atoms with van der Waals surface area (Å²) in [6, 6.07) is 10.1. The Hall–Kier alpha value is -1.88. The van der Waals surface area contributed by atoms with Gasteiger partial charge in [0.25, 0.3) is 5.91 Å². The van der Waals surface area contributed by atoms with Gasteiger partial charge >= 0.3 is 0 Å². The van der Waals surface area contributed by atoms with E-state index in [0.717, 1.165) is 11.1 Å². The minimum absolute atomic E-state index is 0.128. The predicted octanol–water partition coefficient (Wildman–Crippen LogP) is 4.61. The van der Waals surface area contributed by atoms with Crippen LogP contribution >= 0.6 is 15.9 Å². The molecule has 0 aromatic heterocycles. The topological polar surface area (TPSA) is 38.3 Å². The molecular formula is C17H17BrFNO2. The lowest BCUT2D eigenvalue weighted by molar-refractivity contribution is -0.122. The standard InChI is InChI=1S/C17H17BrFNO2/c1-10-4-6-14(8-11(10)2)22-12(3)17(21)20-16-7-5-13(18)9-15(16)19/h4-9,12H,1-3H3,(H,20,21)/t12-/m1/s1. The van der Waals surface area contributed by atoms with Crippen molar-refractivity contribution in [3.63, 3.8) is 0 Å². The number of hydrogen-bond acceptors (Lipinski definition) is 2. The Bertz CT molecular complexity index is 703. The zero-order valence-corrected chi connectivity index (χ0v) is 14.2. The third kappa shape index (κ3) is 4.07. The van der Waals surface area contributed by atoms with Crippen LogP contribution < -0.4 is 10.1 Å². The summed E-state index contributed by atoms with van der Waals surface area (Å²) in [6.45, 7) is 5.61. The summed E-state index contributed by atoms with van der Waals surface area (Å²) in [5.74, 6) is -0.289. The van der Waals surface area contributed by atoms with E-state index < -0.39 is 17.8 Å². The third-order valence-corrected chi connectivity index (χ3v) is 3.84. The Labute approximate surface area is 137 Å². The molecule has 1 N–H and O–H groups in total. The molecule has 5 heteroatoms. The summed E-state index contributed by atoms with van der Waals surface area (Å²) in [6.07, 6.45) is -0.731. The number of amides is 1. The van der Waals surface area contributed by atoms with Crippen LogP contribution in [0, 0.1) is 19.7 Å². The van der Waals surface area contributed by atoms with Crippen LogP contribution in [0.5, 0.6) is 5.75 Å². The molecule has 0 unspecified atom stereocenters. The summed E-state index contributed by atoms with van der Waals surface area (Å²) in [5.41, 5.74) is 2.37. The molecule has 2 aromatic rings. The zero-order valence-electron chi connectivity index (χ0n) is 12.6.